The van der Waals surface area contributed by atoms with E-state index in [2.05, 4.69) is 6.92 Å². The van der Waals surface area contributed by atoms with E-state index >= 15 is 0 Å². The van der Waals surface area contributed by atoms with Crippen molar-refractivity contribution in [1.29, 1.82) is 0 Å². The molecule has 1 aliphatic carbocycles. The Hall–Kier alpha value is -1.06. The van der Waals surface area contributed by atoms with Gasteiger partial charge >= 0.3 is 5.97 Å². The molecule has 1 saturated heterocycles. The third kappa shape index (κ3) is 10.7. The van der Waals surface area contributed by atoms with Gasteiger partial charge in [0, 0.05) is 12.5 Å². The van der Waals surface area contributed by atoms with Crippen molar-refractivity contribution in [2.75, 3.05) is 13.2 Å². The Balaban J connectivity index is 1.43. The van der Waals surface area contributed by atoms with E-state index in [-0.39, 0.29) is 23.8 Å². The van der Waals surface area contributed by atoms with Crippen LogP contribution in [0.2, 0.25) is 0 Å². The fraction of sp³-hybridized carbons (Fsp3) is 0.929. The molecule has 0 radical (unpaired) electrons. The number of esters is 1. The molecule has 1 amide bonds. The van der Waals surface area contributed by atoms with Crippen molar-refractivity contribution < 1.29 is 14.3 Å². The molecular weight excluding hydrogens is 398 g/mol. The van der Waals surface area contributed by atoms with Gasteiger partial charge in [0.05, 0.1) is 6.61 Å². The first kappa shape index (κ1) is 27.2. The molecular formula is C28H51NO3. The molecule has 0 aromatic heterocycles. The number of unbranched alkanes of at least 4 members (excludes halogenated alkanes) is 13. The topological polar surface area (TPSA) is 46.6 Å². The van der Waals surface area contributed by atoms with Gasteiger partial charge in [0.25, 0.3) is 0 Å². The largest absolute Gasteiger partial charge is 0.464 e. The lowest BCUT2D eigenvalue weighted by Gasteiger charge is -2.29. The van der Waals surface area contributed by atoms with Gasteiger partial charge in [-0.1, -0.05) is 110 Å². The maximum atomic E-state index is 12.8. The Bertz CT molecular complexity index is 501. The van der Waals surface area contributed by atoms with Gasteiger partial charge in [-0.25, -0.2) is 4.79 Å². The number of rotatable bonds is 17. The van der Waals surface area contributed by atoms with Gasteiger partial charge in [-0.15, -0.1) is 0 Å². The molecule has 2 aliphatic rings. The van der Waals surface area contributed by atoms with E-state index in [9.17, 15) is 9.59 Å². The Labute approximate surface area is 198 Å². The third-order valence-electron chi connectivity index (χ3n) is 7.50. The Morgan fingerprint density at radius 3 is 1.78 bits per heavy atom. The number of ether oxygens (including phenoxy) is 1. The number of hydrogen-bond acceptors (Lipinski definition) is 3. The Kier molecular flexibility index (Phi) is 14.8. The van der Waals surface area contributed by atoms with Gasteiger partial charge < -0.3 is 9.64 Å². The molecule has 2 fully saturated rings. The Morgan fingerprint density at radius 1 is 0.688 bits per heavy atom. The number of carbonyl (C=O) groups excluding carboxylic acids is 2. The summed E-state index contributed by atoms with van der Waals surface area (Å²) in [4.78, 5) is 27.2. The molecule has 2 rings (SSSR count). The van der Waals surface area contributed by atoms with Crippen LogP contribution in [-0.4, -0.2) is 36.0 Å². The van der Waals surface area contributed by atoms with E-state index in [1.807, 2.05) is 4.90 Å². The lowest BCUT2D eigenvalue weighted by molar-refractivity contribution is -0.155. The van der Waals surface area contributed by atoms with Crippen LogP contribution < -0.4 is 0 Å². The van der Waals surface area contributed by atoms with Crippen LogP contribution in [0.1, 0.15) is 142 Å². The molecule has 1 unspecified atom stereocenters. The molecule has 0 aromatic carbocycles. The normalized spacial score (nSPS) is 19.4. The maximum Gasteiger partial charge on any atom is 0.328 e. The van der Waals surface area contributed by atoms with Crippen LogP contribution >= 0.6 is 0 Å². The summed E-state index contributed by atoms with van der Waals surface area (Å²) in [6.07, 6.45) is 25.8. The van der Waals surface area contributed by atoms with Crippen molar-refractivity contribution in [3.63, 3.8) is 0 Å². The molecule has 1 saturated carbocycles. The molecule has 0 aromatic rings. The number of carbonyl (C=O) groups is 2. The number of nitrogens with zero attached hydrogens (tertiary/aromatic N) is 1. The summed E-state index contributed by atoms with van der Waals surface area (Å²) in [6.45, 7) is 3.52. The van der Waals surface area contributed by atoms with Crippen LogP contribution in [0.4, 0.5) is 0 Å². The summed E-state index contributed by atoms with van der Waals surface area (Å²) < 4.78 is 5.57. The minimum atomic E-state index is -0.323. The highest BCUT2D eigenvalue weighted by Crippen LogP contribution is 2.29. The zero-order chi connectivity index (χ0) is 22.9. The van der Waals surface area contributed by atoms with Crippen molar-refractivity contribution in [3.05, 3.63) is 0 Å². The average molecular weight is 450 g/mol. The molecule has 4 nitrogen and oxygen atoms in total. The fourth-order valence-corrected chi connectivity index (χ4v) is 5.43. The quantitative estimate of drug-likeness (QED) is 0.170. The summed E-state index contributed by atoms with van der Waals surface area (Å²) in [5.74, 6) is 0.185. The first-order valence-electron chi connectivity index (χ1n) is 14.2. The zero-order valence-corrected chi connectivity index (χ0v) is 21.1. The highest BCUT2D eigenvalue weighted by atomic mass is 16.5. The lowest BCUT2D eigenvalue weighted by atomic mass is 9.88. The highest BCUT2D eigenvalue weighted by Gasteiger charge is 2.38. The van der Waals surface area contributed by atoms with Gasteiger partial charge in [-0.3, -0.25) is 4.79 Å². The van der Waals surface area contributed by atoms with Crippen molar-refractivity contribution in [3.8, 4) is 0 Å². The maximum absolute atomic E-state index is 12.8. The fourth-order valence-electron chi connectivity index (χ4n) is 5.43. The minimum Gasteiger partial charge on any atom is -0.464 e. The summed E-state index contributed by atoms with van der Waals surface area (Å²) in [6, 6.07) is -0.323. The smallest absolute Gasteiger partial charge is 0.328 e. The van der Waals surface area contributed by atoms with Crippen molar-refractivity contribution in [2.45, 2.75) is 148 Å². The van der Waals surface area contributed by atoms with E-state index in [0.717, 1.165) is 57.9 Å². The standard InChI is InChI=1S/C28H51NO3/c1-2-3-4-5-6-7-8-9-10-11-12-13-14-18-24-32-28(31)26-22-19-23-29(26)27(30)25-20-16-15-17-21-25/h25-26H,2-24H2,1H3. The summed E-state index contributed by atoms with van der Waals surface area (Å²) in [5, 5.41) is 0. The van der Waals surface area contributed by atoms with Crippen LogP contribution in [-0.2, 0) is 14.3 Å². The Morgan fingerprint density at radius 2 is 1.22 bits per heavy atom. The number of likely N-dealkylation sites (tertiary alicyclic amines) is 1. The number of hydrogen-bond donors (Lipinski definition) is 0. The summed E-state index contributed by atoms with van der Waals surface area (Å²) in [5.41, 5.74) is 0. The van der Waals surface area contributed by atoms with Crippen LogP contribution in [0.5, 0.6) is 0 Å². The van der Waals surface area contributed by atoms with Crippen molar-refractivity contribution in [2.24, 2.45) is 5.92 Å². The SMILES string of the molecule is CCCCCCCCCCCCCCCCOC(=O)C1CCCN1C(=O)C1CCCCC1. The van der Waals surface area contributed by atoms with E-state index in [1.165, 1.54) is 83.5 Å². The molecule has 0 N–H and O–H groups in total. The molecule has 186 valence electrons. The van der Waals surface area contributed by atoms with Gasteiger partial charge in [0.2, 0.25) is 5.91 Å². The van der Waals surface area contributed by atoms with Crippen LogP contribution in [0.15, 0.2) is 0 Å². The molecule has 1 heterocycles. The first-order valence-corrected chi connectivity index (χ1v) is 14.2. The monoisotopic (exact) mass is 449 g/mol. The second-order valence-corrected chi connectivity index (χ2v) is 10.3. The second-order valence-electron chi connectivity index (χ2n) is 10.3. The van der Waals surface area contributed by atoms with Gasteiger partial charge in [-0.2, -0.15) is 0 Å². The lowest BCUT2D eigenvalue weighted by Crippen LogP contribution is -2.44. The van der Waals surface area contributed by atoms with Crippen LogP contribution in [0, 0.1) is 5.92 Å². The van der Waals surface area contributed by atoms with E-state index in [0.29, 0.717) is 6.61 Å². The second kappa shape index (κ2) is 17.4. The summed E-state index contributed by atoms with van der Waals surface area (Å²) in [7, 11) is 0. The average Bonchev–Trinajstić information content (AvgIpc) is 3.31. The highest BCUT2D eigenvalue weighted by molar-refractivity contribution is 5.86. The van der Waals surface area contributed by atoms with Gasteiger partial charge in [-0.05, 0) is 32.1 Å². The van der Waals surface area contributed by atoms with E-state index < -0.39 is 0 Å². The van der Waals surface area contributed by atoms with Crippen molar-refractivity contribution in [1.82, 2.24) is 4.90 Å². The van der Waals surface area contributed by atoms with Gasteiger partial charge in [0.1, 0.15) is 6.04 Å². The molecule has 1 aliphatic heterocycles. The number of amides is 1. The summed E-state index contributed by atoms with van der Waals surface area (Å²) >= 11 is 0. The van der Waals surface area contributed by atoms with E-state index in [4.69, 9.17) is 4.74 Å². The molecule has 0 bridgehead atoms. The third-order valence-corrected chi connectivity index (χ3v) is 7.50. The van der Waals surface area contributed by atoms with Gasteiger partial charge in [0.15, 0.2) is 0 Å². The van der Waals surface area contributed by atoms with Crippen LogP contribution in [0.25, 0.3) is 0 Å². The van der Waals surface area contributed by atoms with Crippen molar-refractivity contribution >= 4 is 11.9 Å². The zero-order valence-electron chi connectivity index (χ0n) is 21.1. The molecule has 32 heavy (non-hydrogen) atoms. The predicted molar refractivity (Wildman–Crippen MR) is 133 cm³/mol. The molecule has 0 spiro atoms. The van der Waals surface area contributed by atoms with Crippen LogP contribution in [0.3, 0.4) is 0 Å². The predicted octanol–water partition coefficient (Wildman–Crippen LogP) is 7.58. The molecule has 1 atom stereocenters. The first-order chi connectivity index (χ1) is 15.7. The van der Waals surface area contributed by atoms with E-state index in [1.54, 1.807) is 0 Å². The molecule has 4 heteroatoms. The minimum absolute atomic E-state index is 0.142.